The van der Waals surface area contributed by atoms with Gasteiger partial charge < -0.3 is 21.7 Å². The minimum absolute atomic E-state index is 0.164. The molecule has 1 atom stereocenters. The molecule has 3 rings (SSSR count). The Labute approximate surface area is 200 Å². The van der Waals surface area contributed by atoms with E-state index in [0.717, 1.165) is 6.07 Å². The molecule has 1 saturated heterocycles. The molecule has 1 heterocycles. The molecule has 5 amide bonds. The summed E-state index contributed by atoms with van der Waals surface area (Å²) in [4.78, 5) is 41.4. The number of carbonyl (C=O) groups excluding carboxylic acids is 3. The van der Waals surface area contributed by atoms with E-state index in [1.54, 1.807) is 6.07 Å². The third kappa shape index (κ3) is 6.25. The number of nitrogens with two attached hydrogens (primary N) is 1. The fourth-order valence-corrected chi connectivity index (χ4v) is 3.65. The van der Waals surface area contributed by atoms with Gasteiger partial charge in [0.15, 0.2) is 6.17 Å². The summed E-state index contributed by atoms with van der Waals surface area (Å²) < 4.78 is 13.5. The maximum Gasteiger partial charge on any atom is 0.323 e. The molecule has 0 spiro atoms. The number of benzene rings is 2. The lowest BCUT2D eigenvalue weighted by molar-refractivity contribution is -0.131. The van der Waals surface area contributed by atoms with E-state index >= 15 is 0 Å². The highest BCUT2D eigenvalue weighted by Crippen LogP contribution is 2.26. The lowest BCUT2D eigenvalue weighted by Crippen LogP contribution is -2.65. The van der Waals surface area contributed by atoms with Crippen LogP contribution in [-0.4, -0.2) is 60.1 Å². The number of nitrogens with zero attached hydrogens (tertiary/aromatic N) is 2. The molecule has 1 aliphatic rings. The first-order valence-electron chi connectivity index (χ1n) is 10.1. The summed E-state index contributed by atoms with van der Waals surface area (Å²) in [6.45, 7) is 0.774. The fourth-order valence-electron chi connectivity index (χ4n) is 3.35. The van der Waals surface area contributed by atoms with E-state index in [2.05, 4.69) is 16.0 Å². The maximum absolute atomic E-state index is 13.5. The van der Waals surface area contributed by atoms with E-state index in [4.69, 9.17) is 28.9 Å². The van der Waals surface area contributed by atoms with E-state index < -0.39 is 30.0 Å². The highest BCUT2D eigenvalue weighted by molar-refractivity contribution is 6.42. The zero-order valence-corrected chi connectivity index (χ0v) is 19.0. The number of hydrogen-bond donors (Lipinski definition) is 4. The number of urea groups is 2. The van der Waals surface area contributed by atoms with Crippen LogP contribution >= 0.6 is 23.2 Å². The van der Waals surface area contributed by atoms with Crippen LogP contribution in [0.4, 0.5) is 25.4 Å². The van der Waals surface area contributed by atoms with E-state index in [1.807, 2.05) is 0 Å². The predicted octanol–water partition coefficient (Wildman–Crippen LogP) is 3.31. The second-order valence-corrected chi connectivity index (χ2v) is 8.01. The van der Waals surface area contributed by atoms with Crippen molar-refractivity contribution in [2.45, 2.75) is 12.6 Å². The van der Waals surface area contributed by atoms with Gasteiger partial charge in [-0.3, -0.25) is 14.6 Å². The average molecular weight is 497 g/mol. The van der Waals surface area contributed by atoms with Crippen molar-refractivity contribution in [2.24, 2.45) is 5.73 Å². The topological polar surface area (TPSA) is 120 Å². The standard InChI is InChI=1S/C21H23Cl2FN6O3/c22-16-6-5-15(12-17(16)23)28-21(33)30-10-2-9-29(19(30)18(31)26-8-7-25)20(32)27-14-4-1-3-13(24)11-14/h1,3-6,11-12,19H,2,7-10,25H2,(H,26,31)(H,27,32)(H,28,33). The number of rotatable bonds is 5. The third-order valence-electron chi connectivity index (χ3n) is 4.84. The molecule has 12 heteroatoms. The van der Waals surface area contributed by atoms with Crippen molar-refractivity contribution in [2.75, 3.05) is 36.8 Å². The Kier molecular flexibility index (Phi) is 8.32. The molecular weight excluding hydrogens is 474 g/mol. The van der Waals surface area contributed by atoms with Crippen LogP contribution in [0.25, 0.3) is 0 Å². The first-order valence-corrected chi connectivity index (χ1v) is 10.9. The Morgan fingerprint density at radius 3 is 2.18 bits per heavy atom. The number of nitrogens with one attached hydrogen (secondary N) is 3. The quantitative estimate of drug-likeness (QED) is 0.507. The number of hydrogen-bond acceptors (Lipinski definition) is 4. The molecule has 2 aromatic carbocycles. The molecule has 0 aromatic heterocycles. The van der Waals surface area contributed by atoms with Crippen molar-refractivity contribution in [3.8, 4) is 0 Å². The molecular formula is C21H23Cl2FN6O3. The van der Waals surface area contributed by atoms with Crippen LogP contribution < -0.4 is 21.7 Å². The van der Waals surface area contributed by atoms with Crippen molar-refractivity contribution in [1.29, 1.82) is 0 Å². The van der Waals surface area contributed by atoms with Crippen LogP contribution in [0.15, 0.2) is 42.5 Å². The smallest absolute Gasteiger partial charge is 0.323 e. The van der Waals surface area contributed by atoms with Gasteiger partial charge in [-0.15, -0.1) is 0 Å². The molecule has 9 nitrogen and oxygen atoms in total. The Bertz CT molecular complexity index is 1040. The molecule has 0 bridgehead atoms. The molecule has 0 aliphatic carbocycles. The van der Waals surface area contributed by atoms with Crippen LogP contribution in [0, 0.1) is 5.82 Å². The zero-order valence-electron chi connectivity index (χ0n) is 17.5. The van der Waals surface area contributed by atoms with Crippen LogP contribution in [0.2, 0.25) is 10.0 Å². The minimum Gasteiger partial charge on any atom is -0.351 e. The van der Waals surface area contributed by atoms with E-state index in [9.17, 15) is 18.8 Å². The molecule has 0 saturated carbocycles. The highest BCUT2D eigenvalue weighted by atomic mass is 35.5. The largest absolute Gasteiger partial charge is 0.351 e. The van der Waals surface area contributed by atoms with Gasteiger partial charge in [-0.2, -0.15) is 0 Å². The second kappa shape index (κ2) is 11.2. The lowest BCUT2D eigenvalue weighted by Gasteiger charge is -2.42. The average Bonchev–Trinajstić information content (AvgIpc) is 2.79. The van der Waals surface area contributed by atoms with Crippen LogP contribution in [0.5, 0.6) is 0 Å². The van der Waals surface area contributed by atoms with E-state index in [1.165, 1.54) is 40.1 Å². The molecule has 1 aliphatic heterocycles. The number of anilines is 2. The number of amides is 5. The van der Waals surface area contributed by atoms with Crippen molar-refractivity contribution < 1.29 is 18.8 Å². The molecule has 2 aromatic rings. The van der Waals surface area contributed by atoms with Gasteiger partial charge in [0.2, 0.25) is 0 Å². The zero-order chi connectivity index (χ0) is 24.0. The van der Waals surface area contributed by atoms with Crippen molar-refractivity contribution >= 4 is 52.5 Å². The molecule has 176 valence electrons. The SMILES string of the molecule is NCCNC(=O)C1N(C(=O)Nc2cccc(F)c2)CCCN1C(=O)Nc1ccc(Cl)c(Cl)c1. The van der Waals surface area contributed by atoms with Crippen molar-refractivity contribution in [1.82, 2.24) is 15.1 Å². The van der Waals surface area contributed by atoms with Gasteiger partial charge in [-0.1, -0.05) is 29.3 Å². The van der Waals surface area contributed by atoms with Crippen molar-refractivity contribution in [3.05, 3.63) is 58.3 Å². The summed E-state index contributed by atoms with van der Waals surface area (Å²) >= 11 is 11.9. The van der Waals surface area contributed by atoms with Crippen LogP contribution in [-0.2, 0) is 4.79 Å². The Balaban J connectivity index is 1.83. The number of halogens is 3. The van der Waals surface area contributed by atoms with Gasteiger partial charge in [0.05, 0.1) is 10.0 Å². The highest BCUT2D eigenvalue weighted by Gasteiger charge is 2.40. The van der Waals surface area contributed by atoms with Crippen LogP contribution in [0.3, 0.4) is 0 Å². The molecule has 0 radical (unpaired) electrons. The van der Waals surface area contributed by atoms with E-state index in [-0.39, 0.29) is 36.9 Å². The maximum atomic E-state index is 13.5. The van der Waals surface area contributed by atoms with Gasteiger partial charge in [0.25, 0.3) is 5.91 Å². The van der Waals surface area contributed by atoms with Gasteiger partial charge >= 0.3 is 12.1 Å². The Morgan fingerprint density at radius 1 is 0.970 bits per heavy atom. The molecule has 5 N–H and O–H groups in total. The van der Waals surface area contributed by atoms with E-state index in [0.29, 0.717) is 17.1 Å². The lowest BCUT2D eigenvalue weighted by atomic mass is 10.2. The third-order valence-corrected chi connectivity index (χ3v) is 5.57. The second-order valence-electron chi connectivity index (χ2n) is 7.19. The first-order chi connectivity index (χ1) is 15.8. The summed E-state index contributed by atoms with van der Waals surface area (Å²) in [7, 11) is 0. The summed E-state index contributed by atoms with van der Waals surface area (Å²) in [5.41, 5.74) is 6.07. The van der Waals surface area contributed by atoms with Gasteiger partial charge in [0, 0.05) is 37.6 Å². The molecule has 1 unspecified atom stereocenters. The first kappa shape index (κ1) is 24.6. The summed E-state index contributed by atoms with van der Waals surface area (Å²) in [6, 6.07) is 8.67. The van der Waals surface area contributed by atoms with Gasteiger partial charge in [-0.05, 0) is 42.8 Å². The summed E-state index contributed by atoms with van der Waals surface area (Å²) in [6.07, 6.45) is -0.826. The summed E-state index contributed by atoms with van der Waals surface area (Å²) in [5, 5.41) is 8.43. The Hall–Kier alpha value is -3.08. The minimum atomic E-state index is -1.25. The van der Waals surface area contributed by atoms with Crippen LogP contribution in [0.1, 0.15) is 6.42 Å². The molecule has 33 heavy (non-hydrogen) atoms. The van der Waals surface area contributed by atoms with Gasteiger partial charge in [-0.25, -0.2) is 14.0 Å². The predicted molar refractivity (Wildman–Crippen MR) is 125 cm³/mol. The molecule has 1 fully saturated rings. The van der Waals surface area contributed by atoms with Gasteiger partial charge in [0.1, 0.15) is 5.82 Å². The summed E-state index contributed by atoms with van der Waals surface area (Å²) in [5.74, 6) is -1.09. The van der Waals surface area contributed by atoms with Crippen molar-refractivity contribution in [3.63, 3.8) is 0 Å². The normalized spacial score (nSPS) is 15.7. The monoisotopic (exact) mass is 496 g/mol. The Morgan fingerprint density at radius 2 is 1.61 bits per heavy atom. The number of carbonyl (C=O) groups is 3. The fraction of sp³-hybridized carbons (Fsp3) is 0.286.